The van der Waals surface area contributed by atoms with Crippen LogP contribution in [0.2, 0.25) is 0 Å². The van der Waals surface area contributed by atoms with E-state index in [2.05, 4.69) is 24.9 Å². The molecule has 1 N–H and O–H groups in total. The van der Waals surface area contributed by atoms with Gasteiger partial charge in [0.05, 0.1) is 6.10 Å². The van der Waals surface area contributed by atoms with Crippen LogP contribution >= 0.6 is 0 Å². The Balaban J connectivity index is 1.97. The minimum atomic E-state index is -0.233. The standard InChI is InChI=1S/C15H21NO/c1-11-7-12(2)9-14(8-11)15(17)10-13-3-5-16-6-4-13/h3-7,11,14-15,17H,8-10H2,1-2H3. The molecule has 1 aromatic rings. The molecule has 0 spiro atoms. The SMILES string of the molecule is CC1=CC(C)CC(C(O)Cc2ccncc2)C1. The second-order valence-electron chi connectivity index (χ2n) is 5.32. The lowest BCUT2D eigenvalue weighted by Crippen LogP contribution is -2.27. The molecule has 0 aromatic carbocycles. The fourth-order valence-electron chi connectivity index (χ4n) is 2.82. The first-order chi connectivity index (χ1) is 8.15. The van der Waals surface area contributed by atoms with Crippen molar-refractivity contribution in [1.82, 2.24) is 4.98 Å². The summed E-state index contributed by atoms with van der Waals surface area (Å²) < 4.78 is 0. The zero-order valence-corrected chi connectivity index (χ0v) is 10.6. The molecule has 3 atom stereocenters. The van der Waals surface area contributed by atoms with Gasteiger partial charge in [0, 0.05) is 12.4 Å². The minimum absolute atomic E-state index is 0.233. The second-order valence-corrected chi connectivity index (χ2v) is 5.32. The van der Waals surface area contributed by atoms with Crippen LogP contribution in [0.1, 0.15) is 32.3 Å². The molecule has 0 radical (unpaired) electrons. The maximum absolute atomic E-state index is 10.3. The summed E-state index contributed by atoms with van der Waals surface area (Å²) >= 11 is 0. The molecule has 2 heteroatoms. The van der Waals surface area contributed by atoms with Crippen molar-refractivity contribution in [2.75, 3.05) is 0 Å². The van der Waals surface area contributed by atoms with E-state index in [1.54, 1.807) is 12.4 Å². The summed E-state index contributed by atoms with van der Waals surface area (Å²) in [5, 5.41) is 10.3. The topological polar surface area (TPSA) is 33.1 Å². The first-order valence-electron chi connectivity index (χ1n) is 6.39. The largest absolute Gasteiger partial charge is 0.392 e. The Hall–Kier alpha value is -1.15. The Kier molecular flexibility index (Phi) is 3.95. The van der Waals surface area contributed by atoms with Crippen molar-refractivity contribution in [1.29, 1.82) is 0 Å². The first kappa shape index (κ1) is 12.3. The molecule has 0 saturated heterocycles. The summed E-state index contributed by atoms with van der Waals surface area (Å²) in [4.78, 5) is 4.00. The van der Waals surface area contributed by atoms with Gasteiger partial charge in [0.2, 0.25) is 0 Å². The minimum Gasteiger partial charge on any atom is -0.392 e. The first-order valence-corrected chi connectivity index (χ1v) is 6.39. The monoisotopic (exact) mass is 231 g/mol. The third kappa shape index (κ3) is 3.40. The third-order valence-electron chi connectivity index (χ3n) is 3.57. The summed E-state index contributed by atoms with van der Waals surface area (Å²) in [6.07, 6.45) is 8.56. The van der Waals surface area contributed by atoms with Gasteiger partial charge in [-0.05, 0) is 55.7 Å². The molecule has 1 aliphatic carbocycles. The average Bonchev–Trinajstić information content (AvgIpc) is 2.29. The fourth-order valence-corrected chi connectivity index (χ4v) is 2.82. The number of allylic oxidation sites excluding steroid dienone is 2. The fraction of sp³-hybridized carbons (Fsp3) is 0.533. The molecule has 0 bridgehead atoms. The van der Waals surface area contributed by atoms with E-state index < -0.39 is 0 Å². The van der Waals surface area contributed by atoms with Crippen LogP contribution in [0.5, 0.6) is 0 Å². The van der Waals surface area contributed by atoms with Crippen LogP contribution in [0.4, 0.5) is 0 Å². The summed E-state index contributed by atoms with van der Waals surface area (Å²) in [6, 6.07) is 3.97. The van der Waals surface area contributed by atoms with Gasteiger partial charge in [0.1, 0.15) is 0 Å². The highest BCUT2D eigenvalue weighted by molar-refractivity contribution is 5.13. The maximum atomic E-state index is 10.3. The third-order valence-corrected chi connectivity index (χ3v) is 3.57. The van der Waals surface area contributed by atoms with Crippen molar-refractivity contribution in [3.8, 4) is 0 Å². The van der Waals surface area contributed by atoms with Gasteiger partial charge in [0.25, 0.3) is 0 Å². The molecule has 0 amide bonds. The van der Waals surface area contributed by atoms with Crippen LogP contribution in [0.3, 0.4) is 0 Å². The zero-order chi connectivity index (χ0) is 12.3. The Morgan fingerprint density at radius 1 is 1.41 bits per heavy atom. The molecule has 17 heavy (non-hydrogen) atoms. The van der Waals surface area contributed by atoms with Crippen molar-refractivity contribution in [3.05, 3.63) is 41.7 Å². The molecule has 92 valence electrons. The number of aliphatic hydroxyl groups excluding tert-OH is 1. The van der Waals surface area contributed by atoms with Gasteiger partial charge in [-0.25, -0.2) is 0 Å². The molecule has 0 aliphatic heterocycles. The Bertz CT molecular complexity index is 385. The Morgan fingerprint density at radius 2 is 2.12 bits per heavy atom. The lowest BCUT2D eigenvalue weighted by atomic mass is 9.79. The number of rotatable bonds is 3. The smallest absolute Gasteiger partial charge is 0.0611 e. The van der Waals surface area contributed by atoms with Crippen LogP contribution in [-0.4, -0.2) is 16.2 Å². The maximum Gasteiger partial charge on any atom is 0.0611 e. The number of pyridine rings is 1. The highest BCUT2D eigenvalue weighted by atomic mass is 16.3. The van der Waals surface area contributed by atoms with Gasteiger partial charge < -0.3 is 5.11 Å². The van der Waals surface area contributed by atoms with Crippen molar-refractivity contribution in [2.24, 2.45) is 11.8 Å². The van der Waals surface area contributed by atoms with Gasteiger partial charge in [-0.3, -0.25) is 4.98 Å². The van der Waals surface area contributed by atoms with Crippen molar-refractivity contribution in [2.45, 2.75) is 39.2 Å². The lowest BCUT2D eigenvalue weighted by Gasteiger charge is -2.29. The van der Waals surface area contributed by atoms with Crippen LogP contribution in [0, 0.1) is 11.8 Å². The lowest BCUT2D eigenvalue weighted by molar-refractivity contribution is 0.0932. The number of aromatic nitrogens is 1. The molecule has 1 heterocycles. The van der Waals surface area contributed by atoms with Crippen LogP contribution in [-0.2, 0) is 6.42 Å². The van der Waals surface area contributed by atoms with Crippen LogP contribution in [0.15, 0.2) is 36.2 Å². The van der Waals surface area contributed by atoms with Crippen LogP contribution in [0.25, 0.3) is 0 Å². The van der Waals surface area contributed by atoms with Gasteiger partial charge in [-0.15, -0.1) is 0 Å². The Labute approximate surface area is 103 Å². The van der Waals surface area contributed by atoms with E-state index in [9.17, 15) is 5.11 Å². The van der Waals surface area contributed by atoms with E-state index in [0.717, 1.165) is 19.3 Å². The van der Waals surface area contributed by atoms with Gasteiger partial charge in [-0.2, -0.15) is 0 Å². The predicted octanol–water partition coefficient (Wildman–Crippen LogP) is 2.98. The molecule has 1 aromatic heterocycles. The number of hydrogen-bond donors (Lipinski definition) is 1. The van der Waals surface area contributed by atoms with Crippen molar-refractivity contribution < 1.29 is 5.11 Å². The molecule has 3 unspecified atom stereocenters. The predicted molar refractivity (Wildman–Crippen MR) is 69.6 cm³/mol. The summed E-state index contributed by atoms with van der Waals surface area (Å²) in [7, 11) is 0. The van der Waals surface area contributed by atoms with E-state index in [-0.39, 0.29) is 6.10 Å². The molecule has 0 saturated carbocycles. The second kappa shape index (κ2) is 5.46. The number of nitrogens with zero attached hydrogens (tertiary/aromatic N) is 1. The Morgan fingerprint density at radius 3 is 2.76 bits per heavy atom. The highest BCUT2D eigenvalue weighted by Crippen LogP contribution is 2.31. The van der Waals surface area contributed by atoms with E-state index in [0.29, 0.717) is 11.8 Å². The summed E-state index contributed by atoms with van der Waals surface area (Å²) in [6.45, 7) is 4.40. The van der Waals surface area contributed by atoms with E-state index in [1.807, 2.05) is 12.1 Å². The molecular formula is C15H21NO. The van der Waals surface area contributed by atoms with E-state index >= 15 is 0 Å². The van der Waals surface area contributed by atoms with Gasteiger partial charge >= 0.3 is 0 Å². The van der Waals surface area contributed by atoms with Crippen LogP contribution < -0.4 is 0 Å². The highest BCUT2D eigenvalue weighted by Gasteiger charge is 2.24. The number of aliphatic hydroxyl groups is 1. The molecule has 1 aliphatic rings. The quantitative estimate of drug-likeness (QED) is 0.811. The normalized spacial score (nSPS) is 26.4. The molecule has 2 nitrogen and oxygen atoms in total. The van der Waals surface area contributed by atoms with E-state index in [4.69, 9.17) is 0 Å². The van der Waals surface area contributed by atoms with Crippen molar-refractivity contribution >= 4 is 0 Å². The molecule has 2 rings (SSSR count). The summed E-state index contributed by atoms with van der Waals surface area (Å²) in [5.41, 5.74) is 2.59. The molecule has 0 fully saturated rings. The van der Waals surface area contributed by atoms with Crippen molar-refractivity contribution in [3.63, 3.8) is 0 Å². The van der Waals surface area contributed by atoms with Gasteiger partial charge in [-0.1, -0.05) is 18.6 Å². The van der Waals surface area contributed by atoms with E-state index in [1.165, 1.54) is 11.1 Å². The summed E-state index contributed by atoms with van der Waals surface area (Å²) in [5.74, 6) is 1.00. The zero-order valence-electron chi connectivity index (χ0n) is 10.6. The molecular weight excluding hydrogens is 210 g/mol. The van der Waals surface area contributed by atoms with Gasteiger partial charge in [0.15, 0.2) is 0 Å². The average molecular weight is 231 g/mol. The number of hydrogen-bond acceptors (Lipinski definition) is 2.